The van der Waals surface area contributed by atoms with Crippen LogP contribution in [0.1, 0.15) is 196 Å². The first-order valence-electron chi connectivity index (χ1n) is 18.9. The van der Waals surface area contributed by atoms with Crippen molar-refractivity contribution in [1.29, 1.82) is 0 Å². The quantitative estimate of drug-likeness (QED) is 0.0375. The molecule has 0 heterocycles. The third kappa shape index (κ3) is 22.7. The number of hydrogen-bond donors (Lipinski definition) is 0. The normalized spacial score (nSPS) is 12.5. The molecular formula is C36H79Ge2P. The molecule has 0 aromatic carbocycles. The van der Waals surface area contributed by atoms with E-state index in [9.17, 15) is 0 Å². The molecule has 0 bridgehead atoms. The van der Waals surface area contributed by atoms with Gasteiger partial charge >= 0.3 is 259 Å². The van der Waals surface area contributed by atoms with Crippen LogP contribution < -0.4 is 0 Å². The van der Waals surface area contributed by atoms with Gasteiger partial charge in [-0.1, -0.05) is 0 Å². The molecule has 3 heteroatoms. The minimum atomic E-state index is -1.84. The summed E-state index contributed by atoms with van der Waals surface area (Å²) in [6.45, 7) is 14.5. The first-order chi connectivity index (χ1) is 19.1. The van der Waals surface area contributed by atoms with E-state index >= 15 is 0 Å². The van der Waals surface area contributed by atoms with Gasteiger partial charge in [0.05, 0.1) is 0 Å². The second kappa shape index (κ2) is 29.6. The van der Waals surface area contributed by atoms with Gasteiger partial charge in [-0.15, -0.1) is 0 Å². The van der Waals surface area contributed by atoms with Crippen LogP contribution in [-0.4, -0.2) is 25.6 Å². The number of hydrogen-bond acceptors (Lipinski definition) is 0. The molecule has 39 heavy (non-hydrogen) atoms. The SMILES string of the molecule is CCCCC[CH2][Ge]([CH2]CCCCC)([CH2]CCCCC)[PH][Ge]([CH2]CCCCC)([CH2]CCCCC)[CH2]CCCCC. The fraction of sp³-hybridized carbons (Fsp3) is 1.00. The molecule has 0 unspecified atom stereocenters. The Morgan fingerprint density at radius 2 is 0.436 bits per heavy atom. The molecule has 0 aromatic rings. The summed E-state index contributed by atoms with van der Waals surface area (Å²) >= 11 is -3.69. The maximum atomic E-state index is 2.41. The van der Waals surface area contributed by atoms with Crippen molar-refractivity contribution in [1.82, 2.24) is 0 Å². The van der Waals surface area contributed by atoms with Crippen LogP contribution in [0.4, 0.5) is 0 Å². The third-order valence-electron chi connectivity index (χ3n) is 9.58. The summed E-state index contributed by atoms with van der Waals surface area (Å²) in [5.74, 6) is 1.60. The Hall–Kier alpha value is 1.52. The summed E-state index contributed by atoms with van der Waals surface area (Å²) in [7, 11) is 0. The standard InChI is InChI=1S/C36H79Ge2P/c1-7-13-19-25-31-37(32-26-20-14-8-2,33-27-21-15-9-3)39-38(34-28-22-16-10-4,35-29-23-17-11-5)36-30-24-18-12-6/h39H,7-36H2,1-6H3. The molecule has 0 spiro atoms. The van der Waals surface area contributed by atoms with Crippen LogP contribution in [0.5, 0.6) is 0 Å². The van der Waals surface area contributed by atoms with Gasteiger partial charge in [0.2, 0.25) is 0 Å². The molecule has 0 fully saturated rings. The van der Waals surface area contributed by atoms with Crippen molar-refractivity contribution in [2.75, 3.05) is 0 Å². The fourth-order valence-electron chi connectivity index (χ4n) is 7.03. The van der Waals surface area contributed by atoms with E-state index in [1.807, 2.05) is 0 Å². The second-order valence-electron chi connectivity index (χ2n) is 13.5. The molecule has 0 aliphatic carbocycles. The van der Waals surface area contributed by atoms with Crippen LogP contribution in [0.15, 0.2) is 0 Å². The minimum absolute atomic E-state index is 1.41. The predicted molar refractivity (Wildman–Crippen MR) is 194 cm³/mol. The number of rotatable bonds is 32. The Morgan fingerprint density at radius 1 is 0.256 bits per heavy atom. The van der Waals surface area contributed by atoms with Crippen molar-refractivity contribution in [2.45, 2.75) is 227 Å². The Bertz CT molecular complexity index is 376. The van der Waals surface area contributed by atoms with Crippen molar-refractivity contribution in [2.24, 2.45) is 0 Å². The van der Waals surface area contributed by atoms with Crippen molar-refractivity contribution < 1.29 is 0 Å². The van der Waals surface area contributed by atoms with E-state index in [2.05, 4.69) is 41.5 Å². The van der Waals surface area contributed by atoms with Crippen molar-refractivity contribution >= 4 is 31.4 Å². The van der Waals surface area contributed by atoms with E-state index in [0.29, 0.717) is 0 Å². The second-order valence-corrected chi connectivity index (χ2v) is 51.6. The Labute approximate surface area is 257 Å². The average molecular weight is 688 g/mol. The Morgan fingerprint density at radius 3 is 0.590 bits per heavy atom. The molecule has 0 aromatic heterocycles. The van der Waals surface area contributed by atoms with E-state index in [1.54, 1.807) is 114 Å². The van der Waals surface area contributed by atoms with E-state index in [0.717, 1.165) is 0 Å². The zero-order chi connectivity index (χ0) is 28.9. The maximum absolute atomic E-state index is 2.41. The van der Waals surface area contributed by atoms with Gasteiger partial charge in [0.1, 0.15) is 0 Å². The predicted octanol–water partition coefficient (Wildman–Crippen LogP) is 15.0. The molecule has 0 rings (SSSR count). The van der Waals surface area contributed by atoms with Gasteiger partial charge < -0.3 is 0 Å². The van der Waals surface area contributed by atoms with Crippen LogP contribution >= 0.6 is 5.80 Å². The van der Waals surface area contributed by atoms with Gasteiger partial charge in [-0.3, -0.25) is 0 Å². The van der Waals surface area contributed by atoms with Crippen molar-refractivity contribution in [3.63, 3.8) is 0 Å². The molecule has 0 saturated carbocycles. The molecule has 0 aliphatic heterocycles. The molecular weight excluding hydrogens is 609 g/mol. The van der Waals surface area contributed by atoms with E-state index < -0.39 is 25.6 Å². The summed E-state index contributed by atoms with van der Waals surface area (Å²) < 4.78 is 0. The Balaban J connectivity index is 6.10. The molecule has 0 N–H and O–H groups in total. The van der Waals surface area contributed by atoms with Gasteiger partial charge in [0, 0.05) is 0 Å². The molecule has 0 atom stereocenters. The van der Waals surface area contributed by atoms with Crippen molar-refractivity contribution in [3.8, 4) is 0 Å². The molecule has 0 saturated heterocycles. The summed E-state index contributed by atoms with van der Waals surface area (Å²) in [5, 5.41) is 10.7. The molecule has 236 valence electrons. The molecule has 0 aliphatic rings. The first-order valence-corrected chi connectivity index (χ1v) is 35.1. The Kier molecular flexibility index (Phi) is 30.7. The monoisotopic (exact) mass is 690 g/mol. The van der Waals surface area contributed by atoms with Gasteiger partial charge in [-0.25, -0.2) is 0 Å². The van der Waals surface area contributed by atoms with Crippen LogP contribution in [0.25, 0.3) is 0 Å². The summed E-state index contributed by atoms with van der Waals surface area (Å²) in [6.07, 6.45) is 36.3. The molecule has 0 radical (unpaired) electrons. The van der Waals surface area contributed by atoms with Crippen LogP contribution in [0.3, 0.4) is 0 Å². The van der Waals surface area contributed by atoms with E-state index in [4.69, 9.17) is 0 Å². The summed E-state index contributed by atoms with van der Waals surface area (Å²) in [4.78, 5) is 0. The topological polar surface area (TPSA) is 0 Å². The average Bonchev–Trinajstić information content (AvgIpc) is 2.94. The van der Waals surface area contributed by atoms with Crippen LogP contribution in [0.2, 0.25) is 31.5 Å². The zero-order valence-electron chi connectivity index (χ0n) is 28.7. The van der Waals surface area contributed by atoms with Crippen LogP contribution in [-0.2, 0) is 0 Å². The zero-order valence-corrected chi connectivity index (χ0v) is 33.9. The molecule has 0 amide bonds. The van der Waals surface area contributed by atoms with Crippen molar-refractivity contribution in [3.05, 3.63) is 0 Å². The summed E-state index contributed by atoms with van der Waals surface area (Å²) in [6, 6.07) is 0. The van der Waals surface area contributed by atoms with Gasteiger partial charge in [-0.05, 0) is 0 Å². The van der Waals surface area contributed by atoms with Gasteiger partial charge in [0.25, 0.3) is 0 Å². The number of unbranched alkanes of at least 4 members (excludes halogenated alkanes) is 18. The summed E-state index contributed by atoms with van der Waals surface area (Å²) in [5.41, 5.74) is 0. The van der Waals surface area contributed by atoms with Crippen LogP contribution in [0, 0.1) is 0 Å². The third-order valence-corrected chi connectivity index (χ3v) is 76.3. The van der Waals surface area contributed by atoms with Gasteiger partial charge in [-0.2, -0.15) is 0 Å². The first kappa shape index (κ1) is 40.5. The fourth-order valence-corrected chi connectivity index (χ4v) is 102. The van der Waals surface area contributed by atoms with E-state index in [1.165, 1.54) is 77.0 Å². The van der Waals surface area contributed by atoms with Gasteiger partial charge in [0.15, 0.2) is 0 Å². The van der Waals surface area contributed by atoms with E-state index in [-0.39, 0.29) is 0 Å². The molecule has 0 nitrogen and oxygen atoms in total.